The molecule has 0 saturated carbocycles. The summed E-state index contributed by atoms with van der Waals surface area (Å²) in [7, 11) is 0. The third kappa shape index (κ3) is 3.32. The fourth-order valence-electron chi connectivity index (χ4n) is 1.08. The number of carboxylic acid groups (broad SMARTS) is 1. The van der Waals surface area contributed by atoms with Crippen molar-refractivity contribution >= 4 is 5.97 Å². The van der Waals surface area contributed by atoms with Crippen LogP contribution in [0.4, 0.5) is 4.39 Å². The fourth-order valence-corrected chi connectivity index (χ4v) is 1.08. The highest BCUT2D eigenvalue weighted by molar-refractivity contribution is 5.87. The number of benzene rings is 1. The van der Waals surface area contributed by atoms with Gasteiger partial charge in [-0.1, -0.05) is 6.07 Å². The molecular formula is C11H13FO3. The van der Waals surface area contributed by atoms with Gasteiger partial charge in [-0.3, -0.25) is 0 Å². The zero-order valence-electron chi connectivity index (χ0n) is 8.66. The minimum atomic E-state index is -1.26. The van der Waals surface area contributed by atoms with Gasteiger partial charge < -0.3 is 9.84 Å². The van der Waals surface area contributed by atoms with Crippen LogP contribution < -0.4 is 0 Å². The van der Waals surface area contributed by atoms with E-state index in [2.05, 4.69) is 0 Å². The highest BCUT2D eigenvalue weighted by Crippen LogP contribution is 2.12. The van der Waals surface area contributed by atoms with Crippen molar-refractivity contribution in [1.82, 2.24) is 0 Å². The van der Waals surface area contributed by atoms with Crippen LogP contribution in [0.15, 0.2) is 18.2 Å². The zero-order chi connectivity index (χ0) is 11.4. The molecule has 0 aliphatic carbocycles. The van der Waals surface area contributed by atoms with Crippen LogP contribution in [-0.4, -0.2) is 17.2 Å². The molecule has 1 N–H and O–H groups in total. The van der Waals surface area contributed by atoms with Crippen LogP contribution in [0.2, 0.25) is 0 Å². The Kier molecular flexibility index (Phi) is 3.80. The van der Waals surface area contributed by atoms with Gasteiger partial charge in [0.05, 0.1) is 18.3 Å². The molecule has 0 aromatic heterocycles. The summed E-state index contributed by atoms with van der Waals surface area (Å²) in [5, 5.41) is 8.60. The lowest BCUT2D eigenvalue weighted by molar-refractivity contribution is 0.0649. The first-order valence-corrected chi connectivity index (χ1v) is 4.64. The second-order valence-electron chi connectivity index (χ2n) is 3.48. The lowest BCUT2D eigenvalue weighted by atomic mass is 10.1. The van der Waals surface area contributed by atoms with E-state index in [1.165, 1.54) is 12.1 Å². The third-order valence-corrected chi connectivity index (χ3v) is 1.85. The summed E-state index contributed by atoms with van der Waals surface area (Å²) in [6.07, 6.45) is 0.0622. The van der Waals surface area contributed by atoms with E-state index >= 15 is 0 Å². The Labute approximate surface area is 87.5 Å². The van der Waals surface area contributed by atoms with Crippen LogP contribution in [0.5, 0.6) is 0 Å². The van der Waals surface area contributed by atoms with Gasteiger partial charge in [-0.2, -0.15) is 0 Å². The van der Waals surface area contributed by atoms with Crippen molar-refractivity contribution in [2.24, 2.45) is 0 Å². The summed E-state index contributed by atoms with van der Waals surface area (Å²) in [6.45, 7) is 4.04. The second-order valence-corrected chi connectivity index (χ2v) is 3.48. The summed E-state index contributed by atoms with van der Waals surface area (Å²) in [5.41, 5.74) is 0.314. The summed E-state index contributed by atoms with van der Waals surface area (Å²) >= 11 is 0. The number of halogens is 1. The van der Waals surface area contributed by atoms with Crippen molar-refractivity contribution in [1.29, 1.82) is 0 Å². The topological polar surface area (TPSA) is 46.5 Å². The van der Waals surface area contributed by atoms with Gasteiger partial charge in [0.1, 0.15) is 5.82 Å². The van der Waals surface area contributed by atoms with Crippen LogP contribution in [0.25, 0.3) is 0 Å². The SMILES string of the molecule is CC(C)OCc1ccc(C(=O)O)c(F)c1. The molecule has 0 atom stereocenters. The summed E-state index contributed by atoms with van der Waals surface area (Å²) in [5.74, 6) is -1.99. The quantitative estimate of drug-likeness (QED) is 0.833. The Balaban J connectivity index is 2.78. The molecule has 3 nitrogen and oxygen atoms in total. The first-order chi connectivity index (χ1) is 7.00. The van der Waals surface area contributed by atoms with Crippen LogP contribution in [0.3, 0.4) is 0 Å². The van der Waals surface area contributed by atoms with Crippen molar-refractivity contribution in [3.8, 4) is 0 Å². The normalized spacial score (nSPS) is 10.7. The Bertz CT molecular complexity index is 361. The maximum atomic E-state index is 13.2. The number of aromatic carboxylic acids is 1. The lowest BCUT2D eigenvalue weighted by Crippen LogP contribution is -2.05. The van der Waals surface area contributed by atoms with Gasteiger partial charge in [0.25, 0.3) is 0 Å². The maximum Gasteiger partial charge on any atom is 0.338 e. The van der Waals surface area contributed by atoms with Gasteiger partial charge in [0.2, 0.25) is 0 Å². The van der Waals surface area contributed by atoms with E-state index in [4.69, 9.17) is 9.84 Å². The van der Waals surface area contributed by atoms with Gasteiger partial charge in [0, 0.05) is 0 Å². The predicted molar refractivity (Wildman–Crippen MR) is 53.3 cm³/mol. The molecule has 1 aromatic carbocycles. The largest absolute Gasteiger partial charge is 0.478 e. The Morgan fingerprint density at radius 3 is 2.67 bits per heavy atom. The van der Waals surface area contributed by atoms with E-state index in [0.29, 0.717) is 5.56 Å². The average molecular weight is 212 g/mol. The molecule has 15 heavy (non-hydrogen) atoms. The molecular weight excluding hydrogens is 199 g/mol. The van der Waals surface area contributed by atoms with E-state index in [1.807, 2.05) is 13.8 Å². The van der Waals surface area contributed by atoms with E-state index in [-0.39, 0.29) is 18.3 Å². The Morgan fingerprint density at radius 1 is 1.53 bits per heavy atom. The first-order valence-electron chi connectivity index (χ1n) is 4.64. The molecule has 0 bridgehead atoms. The summed E-state index contributed by atoms with van der Waals surface area (Å²) in [6, 6.07) is 3.98. The van der Waals surface area contributed by atoms with Crippen LogP contribution in [0.1, 0.15) is 29.8 Å². The number of carbonyl (C=O) groups is 1. The lowest BCUT2D eigenvalue weighted by Gasteiger charge is -2.07. The summed E-state index contributed by atoms with van der Waals surface area (Å²) < 4.78 is 18.5. The highest BCUT2D eigenvalue weighted by Gasteiger charge is 2.10. The molecule has 1 aromatic rings. The van der Waals surface area contributed by atoms with Crippen molar-refractivity contribution in [2.45, 2.75) is 26.6 Å². The third-order valence-electron chi connectivity index (χ3n) is 1.85. The van der Waals surface area contributed by atoms with E-state index in [9.17, 15) is 9.18 Å². The molecule has 0 radical (unpaired) electrons. The minimum absolute atomic E-state index is 0.0622. The Morgan fingerprint density at radius 2 is 2.20 bits per heavy atom. The van der Waals surface area contributed by atoms with Gasteiger partial charge in [-0.25, -0.2) is 9.18 Å². The molecule has 0 amide bonds. The van der Waals surface area contributed by atoms with Gasteiger partial charge in [-0.15, -0.1) is 0 Å². The second kappa shape index (κ2) is 4.89. The molecule has 4 heteroatoms. The number of hydrogen-bond acceptors (Lipinski definition) is 2. The standard InChI is InChI=1S/C11H13FO3/c1-7(2)15-6-8-3-4-9(11(13)14)10(12)5-8/h3-5,7H,6H2,1-2H3,(H,13,14). The number of ether oxygens (including phenoxy) is 1. The molecule has 0 aliphatic rings. The van der Waals surface area contributed by atoms with E-state index < -0.39 is 11.8 Å². The smallest absolute Gasteiger partial charge is 0.338 e. The Hall–Kier alpha value is -1.42. The minimum Gasteiger partial charge on any atom is -0.478 e. The first kappa shape index (κ1) is 11.7. The number of rotatable bonds is 4. The molecule has 82 valence electrons. The molecule has 0 aliphatic heterocycles. The van der Waals surface area contributed by atoms with Gasteiger partial charge in [-0.05, 0) is 31.5 Å². The van der Waals surface area contributed by atoms with E-state index in [1.54, 1.807) is 6.07 Å². The van der Waals surface area contributed by atoms with Crippen molar-refractivity contribution in [3.63, 3.8) is 0 Å². The number of hydrogen-bond donors (Lipinski definition) is 1. The molecule has 0 spiro atoms. The molecule has 0 unspecified atom stereocenters. The fraction of sp³-hybridized carbons (Fsp3) is 0.364. The van der Waals surface area contributed by atoms with Crippen LogP contribution in [0, 0.1) is 5.82 Å². The average Bonchev–Trinajstić information content (AvgIpc) is 2.14. The van der Waals surface area contributed by atoms with Gasteiger partial charge in [0.15, 0.2) is 0 Å². The van der Waals surface area contributed by atoms with Crippen molar-refractivity contribution in [2.75, 3.05) is 0 Å². The molecule has 0 fully saturated rings. The monoisotopic (exact) mass is 212 g/mol. The van der Waals surface area contributed by atoms with Crippen LogP contribution in [-0.2, 0) is 11.3 Å². The number of carboxylic acids is 1. The maximum absolute atomic E-state index is 13.2. The molecule has 0 heterocycles. The molecule has 1 rings (SSSR count). The zero-order valence-corrected chi connectivity index (χ0v) is 8.66. The molecule has 0 saturated heterocycles. The van der Waals surface area contributed by atoms with Gasteiger partial charge >= 0.3 is 5.97 Å². The van der Waals surface area contributed by atoms with Crippen molar-refractivity contribution < 1.29 is 19.0 Å². The van der Waals surface area contributed by atoms with Crippen molar-refractivity contribution in [3.05, 3.63) is 35.1 Å². The van der Waals surface area contributed by atoms with Crippen LogP contribution >= 0.6 is 0 Å². The highest BCUT2D eigenvalue weighted by atomic mass is 19.1. The predicted octanol–water partition coefficient (Wildman–Crippen LogP) is 2.45. The summed E-state index contributed by atoms with van der Waals surface area (Å²) in [4.78, 5) is 10.5. The van der Waals surface area contributed by atoms with E-state index in [0.717, 1.165) is 0 Å².